The number of hydrogen-bond donors (Lipinski definition) is 1. The van der Waals surface area contributed by atoms with Gasteiger partial charge in [-0.15, -0.1) is 11.3 Å². The maximum absolute atomic E-state index is 12.3. The first-order valence-corrected chi connectivity index (χ1v) is 10.2. The molecule has 0 aliphatic carbocycles. The molecule has 0 spiro atoms. The highest BCUT2D eigenvalue weighted by Crippen LogP contribution is 2.31. The lowest BCUT2D eigenvalue weighted by Crippen LogP contribution is -2.07. The average molecular weight is 417 g/mol. The van der Waals surface area contributed by atoms with Crippen molar-refractivity contribution in [3.05, 3.63) is 77.7 Å². The van der Waals surface area contributed by atoms with Crippen molar-refractivity contribution in [2.75, 3.05) is 19.5 Å². The molecule has 0 radical (unpaired) electrons. The minimum absolute atomic E-state index is 0.247. The Morgan fingerprint density at radius 3 is 2.63 bits per heavy atom. The van der Waals surface area contributed by atoms with Crippen molar-refractivity contribution in [1.29, 1.82) is 0 Å². The summed E-state index contributed by atoms with van der Waals surface area (Å²) in [4.78, 5) is 16.9. The van der Waals surface area contributed by atoms with Crippen LogP contribution >= 0.6 is 11.3 Å². The molecular formula is C24H20N2O3S. The zero-order valence-electron chi connectivity index (χ0n) is 16.6. The summed E-state index contributed by atoms with van der Waals surface area (Å²) >= 11 is 1.40. The maximum Gasteiger partial charge on any atom is 0.250 e. The second kappa shape index (κ2) is 8.80. The van der Waals surface area contributed by atoms with Crippen LogP contribution in [0.3, 0.4) is 0 Å². The van der Waals surface area contributed by atoms with Gasteiger partial charge in [0.2, 0.25) is 5.91 Å². The van der Waals surface area contributed by atoms with Crippen molar-refractivity contribution in [3.8, 4) is 22.8 Å². The quantitative estimate of drug-likeness (QED) is 0.414. The minimum Gasteiger partial charge on any atom is -0.493 e. The number of nitrogens with zero attached hydrogens (tertiary/aromatic N) is 1. The number of nitrogens with one attached hydrogen (secondary N) is 1. The molecule has 150 valence electrons. The van der Waals surface area contributed by atoms with Crippen LogP contribution in [0, 0.1) is 0 Å². The van der Waals surface area contributed by atoms with E-state index in [4.69, 9.17) is 9.47 Å². The second-order valence-corrected chi connectivity index (χ2v) is 7.36. The van der Waals surface area contributed by atoms with Crippen LogP contribution in [0.2, 0.25) is 0 Å². The number of rotatable bonds is 6. The van der Waals surface area contributed by atoms with Gasteiger partial charge in [-0.05, 0) is 34.5 Å². The fourth-order valence-electron chi connectivity index (χ4n) is 3.18. The molecule has 0 aliphatic heterocycles. The smallest absolute Gasteiger partial charge is 0.250 e. The number of carbonyl (C=O) groups excluding carboxylic acids is 1. The van der Waals surface area contributed by atoms with E-state index in [1.165, 1.54) is 17.4 Å². The van der Waals surface area contributed by atoms with Crippen molar-refractivity contribution in [3.63, 3.8) is 0 Å². The van der Waals surface area contributed by atoms with Crippen LogP contribution < -0.4 is 14.8 Å². The number of anilines is 1. The molecule has 6 heteroatoms. The number of aromatic nitrogens is 1. The Bertz CT molecular complexity index is 1220. The van der Waals surface area contributed by atoms with Crippen LogP contribution in [0.5, 0.6) is 11.5 Å². The molecule has 1 heterocycles. The van der Waals surface area contributed by atoms with Crippen LogP contribution in [-0.2, 0) is 4.79 Å². The number of fused-ring (bicyclic) bond motifs is 1. The Morgan fingerprint density at radius 1 is 1.00 bits per heavy atom. The SMILES string of the molecule is COc1ccc(/C=C/C(=O)Nc2nc(-c3cccc4ccccc34)cs2)cc1OC. The molecule has 5 nitrogen and oxygen atoms in total. The van der Waals surface area contributed by atoms with Crippen molar-refractivity contribution >= 4 is 39.2 Å². The lowest BCUT2D eigenvalue weighted by Gasteiger charge is -2.07. The molecule has 0 fully saturated rings. The molecule has 4 aromatic rings. The van der Waals surface area contributed by atoms with Crippen molar-refractivity contribution in [2.45, 2.75) is 0 Å². The maximum atomic E-state index is 12.3. The first-order valence-electron chi connectivity index (χ1n) is 9.32. The summed E-state index contributed by atoms with van der Waals surface area (Å²) in [6.07, 6.45) is 3.19. The summed E-state index contributed by atoms with van der Waals surface area (Å²) < 4.78 is 10.5. The zero-order chi connectivity index (χ0) is 20.9. The number of hydrogen-bond acceptors (Lipinski definition) is 5. The summed E-state index contributed by atoms with van der Waals surface area (Å²) in [5.74, 6) is 1.01. The van der Waals surface area contributed by atoms with Gasteiger partial charge in [-0.3, -0.25) is 10.1 Å². The molecule has 4 rings (SSSR count). The molecule has 0 bridgehead atoms. The van der Waals surface area contributed by atoms with Gasteiger partial charge < -0.3 is 9.47 Å². The van der Waals surface area contributed by atoms with Gasteiger partial charge in [0.1, 0.15) is 0 Å². The van der Waals surface area contributed by atoms with Gasteiger partial charge in [0.25, 0.3) is 0 Å². The van der Waals surface area contributed by atoms with Crippen LogP contribution in [0.1, 0.15) is 5.56 Å². The summed E-state index contributed by atoms with van der Waals surface area (Å²) in [5, 5.41) is 7.63. The normalized spacial score (nSPS) is 11.0. The van der Waals surface area contributed by atoms with E-state index in [-0.39, 0.29) is 5.91 Å². The van der Waals surface area contributed by atoms with Crippen LogP contribution in [0.25, 0.3) is 28.1 Å². The molecule has 0 atom stereocenters. The predicted molar refractivity (Wildman–Crippen MR) is 122 cm³/mol. The van der Waals surface area contributed by atoms with Crippen LogP contribution in [-0.4, -0.2) is 25.1 Å². The summed E-state index contributed by atoms with van der Waals surface area (Å²) in [6, 6.07) is 19.8. The topological polar surface area (TPSA) is 60.5 Å². The average Bonchev–Trinajstić information content (AvgIpc) is 3.25. The standard InChI is InChI=1S/C24H20N2O3S/c1-28-21-12-10-16(14-22(21)29-2)11-13-23(27)26-24-25-20(15-30-24)19-9-5-7-17-6-3-4-8-18(17)19/h3-15H,1-2H3,(H,25,26,27)/b13-11+. The minimum atomic E-state index is -0.247. The Balaban J connectivity index is 1.48. The van der Waals surface area contributed by atoms with E-state index in [9.17, 15) is 4.79 Å². The second-order valence-electron chi connectivity index (χ2n) is 6.50. The van der Waals surface area contributed by atoms with Crippen molar-refractivity contribution < 1.29 is 14.3 Å². The van der Waals surface area contributed by atoms with Gasteiger partial charge in [0.05, 0.1) is 19.9 Å². The van der Waals surface area contributed by atoms with Crippen LogP contribution in [0.15, 0.2) is 72.1 Å². The third kappa shape index (κ3) is 4.18. The fourth-order valence-corrected chi connectivity index (χ4v) is 3.89. The Kier molecular flexibility index (Phi) is 5.77. The van der Waals surface area contributed by atoms with E-state index in [1.807, 2.05) is 41.8 Å². The van der Waals surface area contributed by atoms with E-state index < -0.39 is 0 Å². The molecule has 1 aromatic heterocycles. The molecule has 1 amide bonds. The highest BCUT2D eigenvalue weighted by molar-refractivity contribution is 7.14. The van der Waals surface area contributed by atoms with Crippen LogP contribution in [0.4, 0.5) is 5.13 Å². The van der Waals surface area contributed by atoms with E-state index in [0.717, 1.165) is 27.6 Å². The largest absolute Gasteiger partial charge is 0.493 e. The van der Waals surface area contributed by atoms with E-state index in [1.54, 1.807) is 26.4 Å². The molecule has 3 aromatic carbocycles. The number of carbonyl (C=O) groups is 1. The van der Waals surface area contributed by atoms with Gasteiger partial charge in [0.15, 0.2) is 16.6 Å². The van der Waals surface area contributed by atoms with E-state index in [2.05, 4.69) is 28.5 Å². The first-order chi connectivity index (χ1) is 14.7. The van der Waals surface area contributed by atoms with E-state index in [0.29, 0.717) is 16.6 Å². The van der Waals surface area contributed by atoms with Gasteiger partial charge >= 0.3 is 0 Å². The zero-order valence-corrected chi connectivity index (χ0v) is 17.4. The molecule has 30 heavy (non-hydrogen) atoms. The Morgan fingerprint density at radius 2 is 1.80 bits per heavy atom. The third-order valence-electron chi connectivity index (χ3n) is 4.63. The molecule has 0 saturated heterocycles. The van der Waals surface area contributed by atoms with Crippen molar-refractivity contribution in [2.24, 2.45) is 0 Å². The highest BCUT2D eigenvalue weighted by Gasteiger charge is 2.09. The van der Waals surface area contributed by atoms with Gasteiger partial charge in [-0.1, -0.05) is 48.5 Å². The lowest BCUT2D eigenvalue weighted by atomic mass is 10.0. The number of thiazole rings is 1. The van der Waals surface area contributed by atoms with Gasteiger partial charge in [-0.25, -0.2) is 4.98 Å². The number of methoxy groups -OCH3 is 2. The Hall–Kier alpha value is -3.64. The highest BCUT2D eigenvalue weighted by atomic mass is 32.1. The Labute approximate surface area is 178 Å². The monoisotopic (exact) mass is 416 g/mol. The predicted octanol–water partition coefficient (Wildman–Crippen LogP) is 5.63. The summed E-state index contributed by atoms with van der Waals surface area (Å²) in [6.45, 7) is 0. The summed E-state index contributed by atoms with van der Waals surface area (Å²) in [5.41, 5.74) is 2.72. The van der Waals surface area contributed by atoms with Gasteiger partial charge in [-0.2, -0.15) is 0 Å². The van der Waals surface area contributed by atoms with E-state index >= 15 is 0 Å². The third-order valence-corrected chi connectivity index (χ3v) is 5.39. The summed E-state index contributed by atoms with van der Waals surface area (Å²) in [7, 11) is 3.16. The molecule has 1 N–H and O–H groups in total. The van der Waals surface area contributed by atoms with Crippen molar-refractivity contribution in [1.82, 2.24) is 4.98 Å². The first kappa shape index (κ1) is 19.7. The lowest BCUT2D eigenvalue weighted by molar-refractivity contribution is -0.111. The molecule has 0 unspecified atom stereocenters. The fraction of sp³-hybridized carbons (Fsp3) is 0.0833. The molecule has 0 aliphatic rings. The number of ether oxygens (including phenoxy) is 2. The molecule has 0 saturated carbocycles. The molecular weight excluding hydrogens is 396 g/mol. The number of benzene rings is 3. The van der Waals surface area contributed by atoms with Gasteiger partial charge in [0, 0.05) is 17.0 Å². The number of amides is 1.